The third kappa shape index (κ3) is 3.85. The standard InChI is InChI=1S/C18H20N2O2/c21-18(17-7-3-4-12-19-17)20-13-14-8-10-16(11-9-14)22-15-5-1-2-6-15/h3-4,7-12,15H,1-2,5-6,13H2,(H,20,21). The predicted molar refractivity (Wildman–Crippen MR) is 84.7 cm³/mol. The Morgan fingerprint density at radius 1 is 1.14 bits per heavy atom. The molecule has 1 aromatic heterocycles. The number of hydrogen-bond donors (Lipinski definition) is 1. The fourth-order valence-corrected chi connectivity index (χ4v) is 2.65. The van der Waals surface area contributed by atoms with E-state index in [1.807, 2.05) is 24.3 Å². The van der Waals surface area contributed by atoms with Gasteiger partial charge in [0, 0.05) is 12.7 Å². The molecule has 0 saturated heterocycles. The fourth-order valence-electron chi connectivity index (χ4n) is 2.65. The van der Waals surface area contributed by atoms with Gasteiger partial charge in [-0.3, -0.25) is 9.78 Å². The molecule has 4 nitrogen and oxygen atoms in total. The van der Waals surface area contributed by atoms with E-state index in [1.54, 1.807) is 24.4 Å². The first-order chi connectivity index (χ1) is 10.8. The maximum atomic E-state index is 11.9. The van der Waals surface area contributed by atoms with Crippen LogP contribution in [0.2, 0.25) is 0 Å². The molecule has 1 fully saturated rings. The highest BCUT2D eigenvalue weighted by atomic mass is 16.5. The Balaban J connectivity index is 1.51. The summed E-state index contributed by atoms with van der Waals surface area (Å²) >= 11 is 0. The molecular weight excluding hydrogens is 276 g/mol. The quantitative estimate of drug-likeness (QED) is 0.920. The molecule has 0 unspecified atom stereocenters. The van der Waals surface area contributed by atoms with Crippen molar-refractivity contribution in [2.75, 3.05) is 0 Å². The first-order valence-electron chi connectivity index (χ1n) is 7.76. The number of nitrogens with zero attached hydrogens (tertiary/aromatic N) is 1. The van der Waals surface area contributed by atoms with Crippen LogP contribution < -0.4 is 10.1 Å². The summed E-state index contributed by atoms with van der Waals surface area (Å²) in [7, 11) is 0. The van der Waals surface area contributed by atoms with Crippen molar-refractivity contribution in [1.82, 2.24) is 10.3 Å². The molecule has 4 heteroatoms. The summed E-state index contributed by atoms with van der Waals surface area (Å²) in [5, 5.41) is 2.87. The Bertz CT molecular complexity index is 605. The van der Waals surface area contributed by atoms with Crippen LogP contribution >= 0.6 is 0 Å². The normalized spacial score (nSPS) is 14.7. The van der Waals surface area contributed by atoms with Crippen LogP contribution in [0.5, 0.6) is 5.75 Å². The smallest absolute Gasteiger partial charge is 0.270 e. The van der Waals surface area contributed by atoms with Gasteiger partial charge < -0.3 is 10.1 Å². The van der Waals surface area contributed by atoms with Crippen LogP contribution in [-0.4, -0.2) is 17.0 Å². The van der Waals surface area contributed by atoms with Crippen LogP contribution in [-0.2, 0) is 6.54 Å². The number of benzene rings is 1. The molecule has 0 bridgehead atoms. The largest absolute Gasteiger partial charge is 0.490 e. The van der Waals surface area contributed by atoms with E-state index in [0.717, 1.165) is 24.2 Å². The van der Waals surface area contributed by atoms with Crippen LogP contribution in [0.1, 0.15) is 41.7 Å². The lowest BCUT2D eigenvalue weighted by molar-refractivity contribution is 0.0946. The zero-order valence-corrected chi connectivity index (χ0v) is 12.5. The van der Waals surface area contributed by atoms with Crippen LogP contribution in [0.4, 0.5) is 0 Å². The Morgan fingerprint density at radius 2 is 1.91 bits per heavy atom. The average molecular weight is 296 g/mol. The van der Waals surface area contributed by atoms with E-state index in [9.17, 15) is 4.79 Å². The van der Waals surface area contributed by atoms with Gasteiger partial charge in [0.05, 0.1) is 6.10 Å². The molecular formula is C18H20N2O2. The van der Waals surface area contributed by atoms with Gasteiger partial charge in [-0.05, 0) is 55.5 Å². The molecule has 1 amide bonds. The number of amides is 1. The molecule has 1 aliphatic carbocycles. The lowest BCUT2D eigenvalue weighted by Gasteiger charge is -2.13. The molecule has 22 heavy (non-hydrogen) atoms. The minimum Gasteiger partial charge on any atom is -0.490 e. The van der Waals surface area contributed by atoms with E-state index >= 15 is 0 Å². The molecule has 0 aliphatic heterocycles. The average Bonchev–Trinajstić information content (AvgIpc) is 3.08. The molecule has 0 radical (unpaired) electrons. The van der Waals surface area contributed by atoms with Crippen LogP contribution in [0.3, 0.4) is 0 Å². The van der Waals surface area contributed by atoms with Crippen molar-refractivity contribution in [3.63, 3.8) is 0 Å². The van der Waals surface area contributed by atoms with E-state index in [-0.39, 0.29) is 5.91 Å². The lowest BCUT2D eigenvalue weighted by atomic mass is 10.2. The summed E-state index contributed by atoms with van der Waals surface area (Å²) in [6.07, 6.45) is 6.83. The van der Waals surface area contributed by atoms with E-state index < -0.39 is 0 Å². The number of rotatable bonds is 5. The molecule has 1 aromatic carbocycles. The summed E-state index contributed by atoms with van der Waals surface area (Å²) in [5.74, 6) is 0.749. The molecule has 1 heterocycles. The Labute approximate surface area is 130 Å². The van der Waals surface area contributed by atoms with Gasteiger partial charge in [0.15, 0.2) is 0 Å². The van der Waals surface area contributed by atoms with Crippen molar-refractivity contribution in [1.29, 1.82) is 0 Å². The van der Waals surface area contributed by atoms with Gasteiger partial charge in [-0.2, -0.15) is 0 Å². The van der Waals surface area contributed by atoms with E-state index in [2.05, 4.69) is 10.3 Å². The number of ether oxygens (including phenoxy) is 1. The highest BCUT2D eigenvalue weighted by molar-refractivity contribution is 5.92. The first kappa shape index (κ1) is 14.6. The second-order valence-corrected chi connectivity index (χ2v) is 5.57. The summed E-state index contributed by atoms with van der Waals surface area (Å²) in [4.78, 5) is 15.9. The first-order valence-corrected chi connectivity index (χ1v) is 7.76. The zero-order valence-electron chi connectivity index (χ0n) is 12.5. The third-order valence-corrected chi connectivity index (χ3v) is 3.88. The minimum absolute atomic E-state index is 0.160. The third-order valence-electron chi connectivity index (χ3n) is 3.88. The van der Waals surface area contributed by atoms with Gasteiger partial charge in [0.25, 0.3) is 5.91 Å². The summed E-state index contributed by atoms with van der Waals surface area (Å²) in [6.45, 7) is 0.485. The minimum atomic E-state index is -0.160. The van der Waals surface area contributed by atoms with Crippen molar-refractivity contribution in [3.8, 4) is 5.75 Å². The highest BCUT2D eigenvalue weighted by Crippen LogP contribution is 2.24. The lowest BCUT2D eigenvalue weighted by Crippen LogP contribution is -2.23. The SMILES string of the molecule is O=C(NCc1ccc(OC2CCCC2)cc1)c1ccccn1. The van der Waals surface area contributed by atoms with Gasteiger partial charge in [-0.1, -0.05) is 18.2 Å². The van der Waals surface area contributed by atoms with Gasteiger partial charge in [0.2, 0.25) is 0 Å². The van der Waals surface area contributed by atoms with Crippen LogP contribution in [0.15, 0.2) is 48.7 Å². The predicted octanol–water partition coefficient (Wildman–Crippen LogP) is 3.33. The molecule has 1 saturated carbocycles. The van der Waals surface area contributed by atoms with Gasteiger partial charge >= 0.3 is 0 Å². The van der Waals surface area contributed by atoms with E-state index in [0.29, 0.717) is 18.3 Å². The van der Waals surface area contributed by atoms with Crippen molar-refractivity contribution in [2.45, 2.75) is 38.3 Å². The second kappa shape index (κ2) is 7.07. The van der Waals surface area contributed by atoms with Gasteiger partial charge in [0.1, 0.15) is 11.4 Å². The number of hydrogen-bond acceptors (Lipinski definition) is 3. The second-order valence-electron chi connectivity index (χ2n) is 5.57. The molecule has 0 atom stereocenters. The Hall–Kier alpha value is -2.36. The Morgan fingerprint density at radius 3 is 2.59 bits per heavy atom. The topological polar surface area (TPSA) is 51.2 Å². The number of aromatic nitrogens is 1. The van der Waals surface area contributed by atoms with Crippen LogP contribution in [0, 0.1) is 0 Å². The summed E-state index contributed by atoms with van der Waals surface area (Å²) in [6, 6.07) is 13.2. The fraction of sp³-hybridized carbons (Fsp3) is 0.333. The van der Waals surface area contributed by atoms with E-state index in [1.165, 1.54) is 12.8 Å². The molecule has 1 aliphatic rings. The van der Waals surface area contributed by atoms with Crippen molar-refractivity contribution >= 4 is 5.91 Å². The van der Waals surface area contributed by atoms with Gasteiger partial charge in [-0.25, -0.2) is 0 Å². The molecule has 1 N–H and O–H groups in total. The summed E-state index contributed by atoms with van der Waals surface area (Å²) < 4.78 is 5.93. The number of carbonyl (C=O) groups is 1. The highest BCUT2D eigenvalue weighted by Gasteiger charge is 2.16. The van der Waals surface area contributed by atoms with Crippen LogP contribution in [0.25, 0.3) is 0 Å². The monoisotopic (exact) mass is 296 g/mol. The number of nitrogens with one attached hydrogen (secondary N) is 1. The summed E-state index contributed by atoms with van der Waals surface area (Å²) in [5.41, 5.74) is 1.48. The molecule has 114 valence electrons. The maximum absolute atomic E-state index is 11.9. The zero-order chi connectivity index (χ0) is 15.2. The number of pyridine rings is 1. The van der Waals surface area contributed by atoms with E-state index in [4.69, 9.17) is 4.74 Å². The van der Waals surface area contributed by atoms with Crippen molar-refractivity contribution < 1.29 is 9.53 Å². The van der Waals surface area contributed by atoms with Crippen molar-refractivity contribution in [2.24, 2.45) is 0 Å². The Kier molecular flexibility index (Phi) is 4.68. The molecule has 3 rings (SSSR count). The molecule has 0 spiro atoms. The maximum Gasteiger partial charge on any atom is 0.270 e. The number of carbonyl (C=O) groups excluding carboxylic acids is 1. The molecule has 2 aromatic rings. The van der Waals surface area contributed by atoms with Gasteiger partial charge in [-0.15, -0.1) is 0 Å². The van der Waals surface area contributed by atoms with Crippen molar-refractivity contribution in [3.05, 3.63) is 59.9 Å².